The number of benzene rings is 1. The fourth-order valence-corrected chi connectivity index (χ4v) is 6.07. The van der Waals surface area contributed by atoms with Crippen molar-refractivity contribution in [2.24, 2.45) is 35.5 Å². The molecule has 32 heavy (non-hydrogen) atoms. The first-order valence-electron chi connectivity index (χ1n) is 11.3. The first kappa shape index (κ1) is 19.4. The molecule has 8 nitrogen and oxygen atoms in total. The Labute approximate surface area is 185 Å². The number of hydrogen-bond acceptors (Lipinski definition) is 5. The van der Waals surface area contributed by atoms with Crippen LogP contribution in [-0.2, 0) is 9.59 Å². The van der Waals surface area contributed by atoms with Crippen LogP contribution in [0.15, 0.2) is 36.4 Å². The molecule has 164 valence electrons. The maximum absolute atomic E-state index is 13.1. The maximum atomic E-state index is 13.1. The van der Waals surface area contributed by atoms with Crippen molar-refractivity contribution in [2.45, 2.75) is 33.1 Å². The molecular weight excluding hydrogens is 406 g/mol. The third-order valence-corrected chi connectivity index (χ3v) is 7.63. The third kappa shape index (κ3) is 2.58. The summed E-state index contributed by atoms with van der Waals surface area (Å²) < 4.78 is 1.96. The van der Waals surface area contributed by atoms with Crippen LogP contribution >= 0.6 is 0 Å². The molecule has 0 spiro atoms. The van der Waals surface area contributed by atoms with E-state index in [9.17, 15) is 14.4 Å². The highest BCUT2D eigenvalue weighted by Crippen LogP contribution is 2.65. The van der Waals surface area contributed by atoms with Crippen molar-refractivity contribution in [3.8, 4) is 5.69 Å². The highest BCUT2D eigenvalue weighted by molar-refractivity contribution is 6.08. The number of nitrogens with zero attached hydrogens (tertiary/aromatic N) is 4. The Morgan fingerprint density at radius 1 is 1.00 bits per heavy atom. The Morgan fingerprint density at radius 2 is 1.59 bits per heavy atom. The van der Waals surface area contributed by atoms with Crippen LogP contribution in [0.3, 0.4) is 0 Å². The molecule has 1 aromatic carbocycles. The number of hydrazine groups is 1. The average Bonchev–Trinajstić information content (AvgIpc) is 3.47. The zero-order chi connectivity index (χ0) is 22.3. The lowest BCUT2D eigenvalue weighted by Gasteiger charge is -2.37. The molecule has 1 aromatic heterocycles. The van der Waals surface area contributed by atoms with Gasteiger partial charge in [0.25, 0.3) is 17.7 Å². The Bertz CT molecular complexity index is 1140. The van der Waals surface area contributed by atoms with Crippen molar-refractivity contribution >= 4 is 17.7 Å². The number of carbonyl (C=O) groups is 3. The quantitative estimate of drug-likeness (QED) is 0.592. The summed E-state index contributed by atoms with van der Waals surface area (Å²) in [7, 11) is 0. The SMILES string of the molecule is Cc1nnc(C(C)C)n1-c1ccc(C(=O)NN2C(=O)[C@@H]3[C@H](C2=O)[C@@H]2C=C[C@H]3C3CC32)cc1. The van der Waals surface area contributed by atoms with E-state index in [1.54, 1.807) is 12.1 Å². The molecule has 3 amide bonds. The number of carbonyl (C=O) groups excluding carboxylic acids is 3. The molecule has 1 saturated heterocycles. The van der Waals surface area contributed by atoms with Gasteiger partial charge < -0.3 is 0 Å². The second-order valence-electron chi connectivity index (χ2n) is 9.75. The van der Waals surface area contributed by atoms with Gasteiger partial charge in [-0.3, -0.25) is 24.4 Å². The predicted molar refractivity (Wildman–Crippen MR) is 114 cm³/mol. The molecule has 0 radical (unpaired) electrons. The smallest absolute Gasteiger partial charge is 0.270 e. The lowest BCUT2D eigenvalue weighted by Crippen LogP contribution is -2.46. The molecule has 5 aliphatic rings. The van der Waals surface area contributed by atoms with Gasteiger partial charge in [-0.15, -0.1) is 10.2 Å². The molecule has 2 saturated carbocycles. The summed E-state index contributed by atoms with van der Waals surface area (Å²) in [6.07, 6.45) is 5.35. The summed E-state index contributed by atoms with van der Waals surface area (Å²) in [6.45, 7) is 5.98. The molecule has 2 unspecified atom stereocenters. The van der Waals surface area contributed by atoms with Gasteiger partial charge in [0.1, 0.15) is 11.6 Å². The van der Waals surface area contributed by atoms with Crippen molar-refractivity contribution in [3.63, 3.8) is 0 Å². The van der Waals surface area contributed by atoms with Gasteiger partial charge in [0, 0.05) is 17.2 Å². The molecule has 8 heteroatoms. The minimum absolute atomic E-state index is 0.134. The highest BCUT2D eigenvalue weighted by Gasteiger charge is 2.67. The number of hydrogen-bond donors (Lipinski definition) is 1. The summed E-state index contributed by atoms with van der Waals surface area (Å²) in [5, 5.41) is 9.38. The zero-order valence-corrected chi connectivity index (χ0v) is 18.2. The van der Waals surface area contributed by atoms with E-state index in [0.717, 1.165) is 28.8 Å². The highest BCUT2D eigenvalue weighted by atomic mass is 16.2. The monoisotopic (exact) mass is 431 g/mol. The summed E-state index contributed by atoms with van der Waals surface area (Å²) in [6, 6.07) is 7.02. The number of amides is 3. The molecule has 1 aliphatic heterocycles. The van der Waals surface area contributed by atoms with Crippen molar-refractivity contribution in [1.82, 2.24) is 25.2 Å². The van der Waals surface area contributed by atoms with Crippen LogP contribution in [0.4, 0.5) is 0 Å². The topological polar surface area (TPSA) is 97.2 Å². The van der Waals surface area contributed by atoms with E-state index in [0.29, 0.717) is 17.4 Å². The normalized spacial score (nSPS) is 31.8. The van der Waals surface area contributed by atoms with Crippen LogP contribution in [0.2, 0.25) is 0 Å². The van der Waals surface area contributed by atoms with Crippen LogP contribution < -0.4 is 5.43 Å². The van der Waals surface area contributed by atoms with Crippen molar-refractivity contribution in [3.05, 3.63) is 53.6 Å². The fraction of sp³-hybridized carbons (Fsp3) is 0.458. The number of aromatic nitrogens is 3. The van der Waals surface area contributed by atoms with Crippen LogP contribution in [0.25, 0.3) is 5.69 Å². The summed E-state index contributed by atoms with van der Waals surface area (Å²) >= 11 is 0. The minimum atomic E-state index is -0.466. The minimum Gasteiger partial charge on any atom is -0.283 e. The molecule has 2 aromatic rings. The van der Waals surface area contributed by atoms with Gasteiger partial charge in [-0.05, 0) is 61.3 Å². The fourth-order valence-electron chi connectivity index (χ4n) is 6.07. The Morgan fingerprint density at radius 3 is 2.16 bits per heavy atom. The van der Waals surface area contributed by atoms with E-state index < -0.39 is 5.91 Å². The first-order valence-corrected chi connectivity index (χ1v) is 11.3. The number of rotatable bonds is 4. The van der Waals surface area contributed by atoms with Crippen LogP contribution in [0.1, 0.15) is 48.2 Å². The predicted octanol–water partition coefficient (Wildman–Crippen LogP) is 2.40. The zero-order valence-electron chi connectivity index (χ0n) is 18.2. The molecule has 3 fully saturated rings. The average molecular weight is 431 g/mol. The van der Waals surface area contributed by atoms with Gasteiger partial charge >= 0.3 is 0 Å². The molecule has 6 atom stereocenters. The van der Waals surface area contributed by atoms with Crippen molar-refractivity contribution < 1.29 is 14.4 Å². The first-order chi connectivity index (χ1) is 15.4. The molecule has 4 aliphatic carbocycles. The summed E-state index contributed by atoms with van der Waals surface area (Å²) in [5.74, 6) is 1.49. The Hall–Kier alpha value is -3.29. The van der Waals surface area contributed by atoms with Crippen molar-refractivity contribution in [2.75, 3.05) is 0 Å². The number of nitrogens with one attached hydrogen (secondary N) is 1. The van der Waals surface area contributed by atoms with Gasteiger partial charge in [0.15, 0.2) is 0 Å². The Balaban J connectivity index is 1.21. The van der Waals surface area contributed by atoms with Gasteiger partial charge in [0.05, 0.1) is 11.8 Å². The summed E-state index contributed by atoms with van der Waals surface area (Å²) in [4.78, 5) is 39.0. The van der Waals surface area contributed by atoms with E-state index in [-0.39, 0.29) is 41.4 Å². The van der Waals surface area contributed by atoms with Gasteiger partial charge in [-0.25, -0.2) is 0 Å². The number of aryl methyl sites for hydroxylation is 1. The Kier molecular flexibility index (Phi) is 4.00. The lowest BCUT2D eigenvalue weighted by molar-refractivity contribution is -0.143. The van der Waals surface area contributed by atoms with E-state index in [1.165, 1.54) is 0 Å². The summed E-state index contributed by atoms with van der Waals surface area (Å²) in [5.41, 5.74) is 3.82. The largest absolute Gasteiger partial charge is 0.283 e. The van der Waals surface area contributed by atoms with E-state index in [2.05, 4.69) is 41.6 Å². The number of allylic oxidation sites excluding steroid dienone is 2. The van der Waals surface area contributed by atoms with Gasteiger partial charge in [-0.2, -0.15) is 5.01 Å². The molecule has 7 rings (SSSR count). The lowest BCUT2D eigenvalue weighted by atomic mass is 9.63. The molecular formula is C24H25N5O3. The molecule has 2 bridgehead atoms. The van der Waals surface area contributed by atoms with E-state index >= 15 is 0 Å². The van der Waals surface area contributed by atoms with Crippen LogP contribution in [-0.4, -0.2) is 37.5 Å². The second-order valence-corrected chi connectivity index (χ2v) is 9.75. The van der Waals surface area contributed by atoms with Crippen molar-refractivity contribution in [1.29, 1.82) is 0 Å². The van der Waals surface area contributed by atoms with E-state index in [1.807, 2.05) is 23.6 Å². The van der Waals surface area contributed by atoms with Gasteiger partial charge in [0.2, 0.25) is 0 Å². The standard InChI is InChI=1S/C24H25N5O3/c1-11(2)21-26-25-12(3)28(21)14-6-4-13(5-7-14)22(30)27-29-23(31)19-15-8-9-16(18-10-17(15)18)20(19)24(29)32/h4-9,11,15-20H,10H2,1-3H3,(H,27,30)/t15-,16+,17?,18?,19-,20+. The second kappa shape index (κ2) is 6.60. The maximum Gasteiger partial charge on any atom is 0.270 e. The van der Waals surface area contributed by atoms with Crippen LogP contribution in [0, 0.1) is 42.4 Å². The van der Waals surface area contributed by atoms with Gasteiger partial charge in [-0.1, -0.05) is 26.0 Å². The van der Waals surface area contributed by atoms with Crippen LogP contribution in [0.5, 0.6) is 0 Å². The number of imide groups is 1. The van der Waals surface area contributed by atoms with E-state index in [4.69, 9.17) is 0 Å². The molecule has 2 heterocycles. The third-order valence-electron chi connectivity index (χ3n) is 7.63. The molecule has 1 N–H and O–H groups in total.